The molecule has 2 saturated carbocycles. The first-order chi connectivity index (χ1) is 12.8. The lowest BCUT2D eigenvalue weighted by Gasteiger charge is -2.63. The molecular formula is C20H28N2O5. The van der Waals surface area contributed by atoms with Gasteiger partial charge in [-0.3, -0.25) is 4.79 Å². The molecule has 0 radical (unpaired) electrons. The third-order valence-electron chi connectivity index (χ3n) is 6.01. The summed E-state index contributed by atoms with van der Waals surface area (Å²) in [4.78, 5) is 24.4. The fourth-order valence-corrected chi connectivity index (χ4v) is 4.74. The molecule has 148 valence electrons. The van der Waals surface area contributed by atoms with E-state index in [9.17, 15) is 9.59 Å². The number of rotatable bonds is 4. The summed E-state index contributed by atoms with van der Waals surface area (Å²) in [5.41, 5.74) is -0.412. The molecule has 2 N–H and O–H groups in total. The second-order valence-electron chi connectivity index (χ2n) is 8.90. The third-order valence-corrected chi connectivity index (χ3v) is 6.01. The van der Waals surface area contributed by atoms with Crippen molar-refractivity contribution in [2.75, 3.05) is 6.61 Å². The van der Waals surface area contributed by atoms with E-state index in [4.69, 9.17) is 13.9 Å². The quantitative estimate of drug-likeness (QED) is 0.843. The molecule has 4 rings (SSSR count). The van der Waals surface area contributed by atoms with E-state index in [1.54, 1.807) is 32.9 Å². The lowest BCUT2D eigenvalue weighted by molar-refractivity contribution is -0.172. The van der Waals surface area contributed by atoms with Crippen LogP contribution in [0.3, 0.4) is 0 Å². The van der Waals surface area contributed by atoms with Gasteiger partial charge in [0.1, 0.15) is 11.4 Å². The highest BCUT2D eigenvalue weighted by molar-refractivity contribution is 5.92. The summed E-state index contributed by atoms with van der Waals surface area (Å²) in [6.07, 6.45) is 4.28. The Kier molecular flexibility index (Phi) is 4.45. The molecule has 1 saturated heterocycles. The van der Waals surface area contributed by atoms with Crippen molar-refractivity contribution in [1.29, 1.82) is 0 Å². The van der Waals surface area contributed by atoms with Crippen molar-refractivity contribution in [2.45, 2.75) is 70.7 Å². The Labute approximate surface area is 159 Å². The van der Waals surface area contributed by atoms with Crippen LogP contribution in [-0.4, -0.2) is 36.4 Å². The van der Waals surface area contributed by atoms with Crippen molar-refractivity contribution in [1.82, 2.24) is 10.6 Å². The normalized spacial score (nSPS) is 28.0. The SMILES string of the molecule is CC(C)(C)OC(=O)NCc1ccc(C(=O)N[C@@H]2[C@H]3CCO[C@H]3C23CCC3)o1. The van der Waals surface area contributed by atoms with Crippen LogP contribution in [-0.2, 0) is 16.0 Å². The number of fused-ring (bicyclic) bond motifs is 2. The number of carbonyl (C=O) groups excluding carboxylic acids is 2. The number of ether oxygens (including phenoxy) is 2. The zero-order valence-corrected chi connectivity index (χ0v) is 16.2. The molecule has 7 heteroatoms. The first kappa shape index (κ1) is 18.3. The minimum Gasteiger partial charge on any atom is -0.454 e. The number of amides is 2. The highest BCUT2D eigenvalue weighted by atomic mass is 16.6. The van der Waals surface area contributed by atoms with Gasteiger partial charge in [0.25, 0.3) is 5.91 Å². The van der Waals surface area contributed by atoms with E-state index in [2.05, 4.69) is 10.6 Å². The van der Waals surface area contributed by atoms with Gasteiger partial charge < -0.3 is 24.5 Å². The summed E-state index contributed by atoms with van der Waals surface area (Å²) in [7, 11) is 0. The average Bonchev–Trinajstić information content (AvgIpc) is 3.15. The Balaban J connectivity index is 1.32. The highest BCUT2D eigenvalue weighted by Gasteiger charge is 2.67. The molecular weight excluding hydrogens is 348 g/mol. The van der Waals surface area contributed by atoms with Gasteiger partial charge >= 0.3 is 6.09 Å². The van der Waals surface area contributed by atoms with E-state index >= 15 is 0 Å². The van der Waals surface area contributed by atoms with Crippen molar-refractivity contribution in [2.24, 2.45) is 11.3 Å². The molecule has 1 aromatic heterocycles. The molecule has 0 aromatic carbocycles. The molecule has 2 aliphatic carbocycles. The smallest absolute Gasteiger partial charge is 0.408 e. The summed E-state index contributed by atoms with van der Waals surface area (Å²) >= 11 is 0. The van der Waals surface area contributed by atoms with Crippen LogP contribution in [0.15, 0.2) is 16.5 Å². The zero-order valence-electron chi connectivity index (χ0n) is 16.2. The molecule has 1 spiro atoms. The Morgan fingerprint density at radius 1 is 1.30 bits per heavy atom. The van der Waals surface area contributed by atoms with Gasteiger partial charge in [0, 0.05) is 24.0 Å². The fourth-order valence-electron chi connectivity index (χ4n) is 4.74. The maximum Gasteiger partial charge on any atom is 0.408 e. The van der Waals surface area contributed by atoms with Gasteiger partial charge in [-0.1, -0.05) is 6.42 Å². The molecule has 1 aromatic rings. The van der Waals surface area contributed by atoms with Gasteiger partial charge in [0.05, 0.1) is 12.6 Å². The van der Waals surface area contributed by atoms with Crippen LogP contribution in [0.4, 0.5) is 4.79 Å². The number of hydrogen-bond donors (Lipinski definition) is 2. The Hall–Kier alpha value is -2.02. The number of furan rings is 1. The molecule has 27 heavy (non-hydrogen) atoms. The largest absolute Gasteiger partial charge is 0.454 e. The fraction of sp³-hybridized carbons (Fsp3) is 0.700. The van der Waals surface area contributed by atoms with Crippen LogP contribution in [0.2, 0.25) is 0 Å². The summed E-state index contributed by atoms with van der Waals surface area (Å²) < 4.78 is 16.7. The topological polar surface area (TPSA) is 89.8 Å². The first-order valence-electron chi connectivity index (χ1n) is 9.76. The van der Waals surface area contributed by atoms with E-state index in [-0.39, 0.29) is 29.7 Å². The number of hydrogen-bond acceptors (Lipinski definition) is 5. The van der Waals surface area contributed by atoms with Gasteiger partial charge in [-0.05, 0) is 52.2 Å². The van der Waals surface area contributed by atoms with Gasteiger partial charge in [0.15, 0.2) is 5.76 Å². The van der Waals surface area contributed by atoms with Crippen LogP contribution in [0.5, 0.6) is 0 Å². The number of nitrogens with one attached hydrogen (secondary N) is 2. The maximum absolute atomic E-state index is 12.6. The Morgan fingerprint density at radius 3 is 2.74 bits per heavy atom. The summed E-state index contributed by atoms with van der Waals surface area (Å²) in [5.74, 6) is 1.02. The maximum atomic E-state index is 12.6. The predicted molar refractivity (Wildman–Crippen MR) is 97.2 cm³/mol. The third kappa shape index (κ3) is 3.33. The molecule has 3 atom stereocenters. The monoisotopic (exact) mass is 376 g/mol. The van der Waals surface area contributed by atoms with Gasteiger partial charge in [-0.15, -0.1) is 0 Å². The van der Waals surface area contributed by atoms with Crippen molar-refractivity contribution in [3.05, 3.63) is 23.7 Å². The van der Waals surface area contributed by atoms with Crippen molar-refractivity contribution < 1.29 is 23.5 Å². The Bertz CT molecular complexity index is 731. The highest BCUT2D eigenvalue weighted by Crippen LogP contribution is 2.62. The van der Waals surface area contributed by atoms with E-state index in [0.29, 0.717) is 17.8 Å². The van der Waals surface area contributed by atoms with Crippen molar-refractivity contribution in [3.63, 3.8) is 0 Å². The van der Waals surface area contributed by atoms with Crippen molar-refractivity contribution >= 4 is 12.0 Å². The second kappa shape index (κ2) is 6.55. The molecule has 3 fully saturated rings. The van der Waals surface area contributed by atoms with Crippen LogP contribution in [0.25, 0.3) is 0 Å². The average molecular weight is 376 g/mol. The Morgan fingerprint density at radius 2 is 2.07 bits per heavy atom. The van der Waals surface area contributed by atoms with Gasteiger partial charge in [-0.2, -0.15) is 0 Å². The van der Waals surface area contributed by atoms with Crippen LogP contribution < -0.4 is 10.6 Å². The van der Waals surface area contributed by atoms with Crippen molar-refractivity contribution in [3.8, 4) is 0 Å². The predicted octanol–water partition coefficient (Wildman–Crippen LogP) is 2.99. The van der Waals surface area contributed by atoms with E-state index < -0.39 is 11.7 Å². The number of carbonyl (C=O) groups is 2. The molecule has 1 aliphatic heterocycles. The summed E-state index contributed by atoms with van der Waals surface area (Å²) in [5, 5.41) is 5.81. The minimum atomic E-state index is -0.555. The number of alkyl carbamates (subject to hydrolysis) is 1. The summed E-state index contributed by atoms with van der Waals surface area (Å²) in [6, 6.07) is 3.53. The molecule has 0 unspecified atom stereocenters. The van der Waals surface area contributed by atoms with Crippen LogP contribution >= 0.6 is 0 Å². The first-order valence-corrected chi connectivity index (χ1v) is 9.76. The zero-order chi connectivity index (χ0) is 19.2. The molecule has 2 heterocycles. The van der Waals surface area contributed by atoms with Crippen LogP contribution in [0, 0.1) is 11.3 Å². The van der Waals surface area contributed by atoms with Crippen LogP contribution in [0.1, 0.15) is 62.8 Å². The molecule has 3 aliphatic rings. The second-order valence-corrected chi connectivity index (χ2v) is 8.90. The summed E-state index contributed by atoms with van der Waals surface area (Å²) in [6.45, 7) is 6.38. The molecule has 0 bridgehead atoms. The lowest BCUT2D eigenvalue weighted by atomic mass is 9.46. The van der Waals surface area contributed by atoms with E-state index in [1.807, 2.05) is 0 Å². The molecule has 2 amide bonds. The molecule has 7 nitrogen and oxygen atoms in total. The van der Waals surface area contributed by atoms with E-state index in [0.717, 1.165) is 25.9 Å². The minimum absolute atomic E-state index is 0.143. The lowest BCUT2D eigenvalue weighted by Crippen LogP contribution is -2.71. The standard InChI is InChI=1S/C20H28N2O5/c1-19(2,3)27-18(24)21-11-12-5-6-14(26-12)17(23)22-15-13-7-10-25-16(13)20(15)8-4-9-20/h5-6,13,15-16H,4,7-11H2,1-3H3,(H,21,24)(H,22,23)/t13-,15-,16-/m1/s1. The van der Waals surface area contributed by atoms with Gasteiger partial charge in [0.2, 0.25) is 0 Å². The van der Waals surface area contributed by atoms with Gasteiger partial charge in [-0.25, -0.2) is 4.79 Å². The van der Waals surface area contributed by atoms with E-state index in [1.165, 1.54) is 6.42 Å².